The summed E-state index contributed by atoms with van der Waals surface area (Å²) < 4.78 is 73.6. The molecule has 4 aromatic rings. The molecule has 5 aliphatic heterocycles. The van der Waals surface area contributed by atoms with E-state index in [1.807, 2.05) is 49.9 Å². The number of methoxy groups -OCH3 is 1. The second-order valence-corrected chi connectivity index (χ2v) is 26.0. The van der Waals surface area contributed by atoms with Gasteiger partial charge in [0.05, 0.1) is 17.1 Å². The smallest absolute Gasteiger partial charge is 0.410 e. The number of fused-ring (bicyclic) bond motifs is 6. The molecule has 0 spiro atoms. The zero-order valence-electron chi connectivity index (χ0n) is 39.1. The third-order valence-corrected chi connectivity index (χ3v) is 20.6. The van der Waals surface area contributed by atoms with Crippen molar-refractivity contribution in [2.45, 2.75) is 140 Å². The number of carbonyl (C=O) groups excluding carboxylic acids is 1. The summed E-state index contributed by atoms with van der Waals surface area (Å²) in [6.07, 6.45) is 2.16. The molecule has 3 aromatic carbocycles. The molecular formula is C50H64F3N5O5Si. The van der Waals surface area contributed by atoms with Crippen molar-refractivity contribution >= 4 is 41.7 Å². The van der Waals surface area contributed by atoms with Crippen molar-refractivity contribution in [3.8, 4) is 34.4 Å². The van der Waals surface area contributed by atoms with Crippen LogP contribution in [-0.4, -0.2) is 110 Å². The number of nitrogens with zero attached hydrogens (tertiary/aromatic N) is 5. The number of piperazine rings is 1. The highest BCUT2D eigenvalue weighted by molar-refractivity contribution is 6.90. The summed E-state index contributed by atoms with van der Waals surface area (Å²) in [6, 6.07) is 10.0. The van der Waals surface area contributed by atoms with E-state index in [0.29, 0.717) is 70.6 Å². The first-order valence-corrected chi connectivity index (χ1v) is 25.3. The molecule has 0 aliphatic carbocycles. The highest BCUT2D eigenvalue weighted by atomic mass is 28.3. The number of carbonyl (C=O) groups is 1. The Morgan fingerprint density at radius 1 is 0.969 bits per heavy atom. The number of ether oxygens (including phenoxy) is 4. The molecule has 0 saturated carbocycles. The molecule has 14 heteroatoms. The van der Waals surface area contributed by atoms with E-state index in [9.17, 15) is 9.18 Å². The van der Waals surface area contributed by atoms with Gasteiger partial charge in [0.15, 0.2) is 12.6 Å². The molecule has 6 heterocycles. The predicted octanol–water partition coefficient (Wildman–Crippen LogP) is 10.8. The fraction of sp³-hybridized carbons (Fsp3) is 0.580. The van der Waals surface area contributed by atoms with E-state index >= 15 is 8.78 Å². The van der Waals surface area contributed by atoms with Crippen LogP contribution < -0.4 is 14.4 Å². The van der Waals surface area contributed by atoms with E-state index in [1.165, 1.54) is 13.2 Å². The van der Waals surface area contributed by atoms with E-state index in [4.69, 9.17) is 28.9 Å². The SMILES string of the molecule is COCOc1cc(-c2c(F)cc3c(N4C[C@H]5CCC4CN5C(=O)OC(C)(C)C)nc(OC[C@@]45CCCN4C[C@H](F)C5)nc3c2F)c2c(C#C[Si](C(C)C)(C(C)C)C(C)C)cccc2c1. The average Bonchev–Trinajstić information content (AvgIpc) is 3.77. The first kappa shape index (κ1) is 46.0. The van der Waals surface area contributed by atoms with Gasteiger partial charge in [0, 0.05) is 61.1 Å². The van der Waals surface area contributed by atoms with Crippen molar-refractivity contribution < 1.29 is 36.9 Å². The van der Waals surface area contributed by atoms with Crippen molar-refractivity contribution in [3.63, 3.8) is 0 Å². The van der Waals surface area contributed by atoms with E-state index in [0.717, 1.165) is 32.2 Å². The van der Waals surface area contributed by atoms with Crippen LogP contribution in [0, 0.1) is 23.1 Å². The molecule has 1 aromatic heterocycles. The van der Waals surface area contributed by atoms with Gasteiger partial charge in [0.1, 0.15) is 49.4 Å². The Hall–Kier alpha value is -4.58. The standard InChI is InChI=1S/C50H64F3N5O5Si/c1-30(2)64(31(3)4,32(5)6)20-17-33-13-11-14-34-21-38(62-29-60-10)22-39(42(33)34)43-41(52)23-40-45(44(43)53)54-47(61-28-50-18-12-19-56(50)25-35(51)24-50)55-46(40)57-26-37-16-15-36(57)27-58(37)48(59)63-49(7,8)9/h11,13-14,21-23,30-32,35-37H,12,15-16,18-19,24-29H2,1-10H3/t35-,36?,37-,50+/m1/s1. The normalized spacial score (nSPS) is 22.5. The summed E-state index contributed by atoms with van der Waals surface area (Å²) in [4.78, 5) is 28.9. The first-order valence-electron chi connectivity index (χ1n) is 23.1. The molecule has 9 rings (SSSR count). The predicted molar refractivity (Wildman–Crippen MR) is 248 cm³/mol. The molecule has 0 radical (unpaired) electrons. The minimum atomic E-state index is -2.21. The molecule has 1 unspecified atom stereocenters. The molecule has 4 atom stereocenters. The number of aromatic nitrogens is 2. The van der Waals surface area contributed by atoms with E-state index < -0.39 is 37.0 Å². The van der Waals surface area contributed by atoms with Crippen LogP contribution in [-0.2, 0) is 9.47 Å². The molecule has 0 N–H and O–H groups in total. The van der Waals surface area contributed by atoms with Gasteiger partial charge in [-0.3, -0.25) is 4.90 Å². The summed E-state index contributed by atoms with van der Waals surface area (Å²) in [6.45, 7) is 21.0. The van der Waals surface area contributed by atoms with Crippen LogP contribution in [0.1, 0.15) is 100.0 Å². The van der Waals surface area contributed by atoms with E-state index in [1.54, 1.807) is 11.0 Å². The number of anilines is 1. The van der Waals surface area contributed by atoms with Crippen molar-refractivity contribution in [1.29, 1.82) is 0 Å². The van der Waals surface area contributed by atoms with E-state index in [2.05, 4.69) is 57.9 Å². The van der Waals surface area contributed by atoms with Gasteiger partial charge in [-0.25, -0.2) is 18.0 Å². The van der Waals surface area contributed by atoms with Gasteiger partial charge in [-0.2, -0.15) is 9.97 Å². The van der Waals surface area contributed by atoms with Gasteiger partial charge in [-0.15, -0.1) is 5.54 Å². The third-order valence-electron chi connectivity index (χ3n) is 14.3. The van der Waals surface area contributed by atoms with Gasteiger partial charge in [0.25, 0.3) is 0 Å². The number of halogens is 3. The van der Waals surface area contributed by atoms with Crippen LogP contribution in [0.15, 0.2) is 36.4 Å². The van der Waals surface area contributed by atoms with Gasteiger partial charge in [-0.05, 0) is 99.3 Å². The number of rotatable bonds is 11. The molecule has 5 fully saturated rings. The summed E-state index contributed by atoms with van der Waals surface area (Å²) in [5.41, 5.74) is 4.32. The first-order chi connectivity index (χ1) is 30.4. The second kappa shape index (κ2) is 17.7. The zero-order chi connectivity index (χ0) is 45.9. The highest BCUT2D eigenvalue weighted by Gasteiger charge is 2.50. The van der Waals surface area contributed by atoms with Crippen molar-refractivity contribution in [2.24, 2.45) is 0 Å². The molecule has 64 heavy (non-hydrogen) atoms. The lowest BCUT2D eigenvalue weighted by Crippen LogP contribution is -2.64. The summed E-state index contributed by atoms with van der Waals surface area (Å²) in [7, 11) is -0.693. The number of piperidine rings is 2. The van der Waals surface area contributed by atoms with Crippen LogP contribution >= 0.6 is 0 Å². The lowest BCUT2D eigenvalue weighted by molar-refractivity contribution is 0.000786. The Morgan fingerprint density at radius 2 is 1.70 bits per heavy atom. The quantitative estimate of drug-likeness (QED) is 0.0829. The van der Waals surface area contributed by atoms with Crippen LogP contribution in [0.25, 0.3) is 32.8 Å². The fourth-order valence-corrected chi connectivity index (χ4v) is 16.7. The number of alkyl halides is 1. The number of benzene rings is 3. The number of hydrogen-bond donors (Lipinski definition) is 0. The van der Waals surface area contributed by atoms with Crippen molar-refractivity contribution in [1.82, 2.24) is 19.8 Å². The Labute approximate surface area is 377 Å². The average molecular weight is 900 g/mol. The highest BCUT2D eigenvalue weighted by Crippen LogP contribution is 2.45. The molecule has 10 nitrogen and oxygen atoms in total. The summed E-state index contributed by atoms with van der Waals surface area (Å²) in [5.74, 6) is 2.58. The van der Waals surface area contributed by atoms with Gasteiger partial charge < -0.3 is 28.7 Å². The van der Waals surface area contributed by atoms with Crippen molar-refractivity contribution in [3.05, 3.63) is 53.6 Å². The summed E-state index contributed by atoms with van der Waals surface area (Å²) >= 11 is 0. The number of amides is 1. The fourth-order valence-electron chi connectivity index (χ4n) is 11.5. The Morgan fingerprint density at radius 3 is 2.38 bits per heavy atom. The molecule has 5 aliphatic rings. The molecule has 2 bridgehead atoms. The van der Waals surface area contributed by atoms with Crippen LogP contribution in [0.3, 0.4) is 0 Å². The Balaban J connectivity index is 1.30. The van der Waals surface area contributed by atoms with Crippen LogP contribution in [0.5, 0.6) is 11.8 Å². The van der Waals surface area contributed by atoms with Gasteiger partial charge in [0.2, 0.25) is 0 Å². The minimum Gasteiger partial charge on any atom is -0.468 e. The van der Waals surface area contributed by atoms with Crippen molar-refractivity contribution in [2.75, 3.05) is 51.6 Å². The summed E-state index contributed by atoms with van der Waals surface area (Å²) in [5, 5.41) is 1.49. The van der Waals surface area contributed by atoms with Gasteiger partial charge in [-0.1, -0.05) is 59.6 Å². The van der Waals surface area contributed by atoms with E-state index in [-0.39, 0.29) is 59.6 Å². The largest absolute Gasteiger partial charge is 0.468 e. The monoisotopic (exact) mass is 899 g/mol. The molecule has 5 saturated heterocycles. The molecular weight excluding hydrogens is 836 g/mol. The maximum atomic E-state index is 18.0. The van der Waals surface area contributed by atoms with Crippen LogP contribution in [0.4, 0.5) is 23.8 Å². The molecule has 344 valence electrons. The van der Waals surface area contributed by atoms with Crippen LogP contribution in [0.2, 0.25) is 16.6 Å². The third kappa shape index (κ3) is 8.41. The lowest BCUT2D eigenvalue weighted by atomic mass is 9.90. The second-order valence-electron chi connectivity index (χ2n) is 20.4. The Bertz CT molecular complexity index is 2460. The zero-order valence-corrected chi connectivity index (χ0v) is 40.1. The Kier molecular flexibility index (Phi) is 12.7. The topological polar surface area (TPSA) is 89.5 Å². The number of hydrogen-bond acceptors (Lipinski definition) is 9. The maximum Gasteiger partial charge on any atom is 0.410 e. The lowest BCUT2D eigenvalue weighted by Gasteiger charge is -2.51. The minimum absolute atomic E-state index is 0.0683. The molecule has 1 amide bonds. The maximum absolute atomic E-state index is 18.0. The van der Waals surface area contributed by atoms with Gasteiger partial charge >= 0.3 is 12.1 Å².